The molecule has 0 spiro atoms. The second kappa shape index (κ2) is 5.97. The fraction of sp³-hybridized carbons (Fsp3) is 0.308. The molecule has 0 fully saturated rings. The van der Waals surface area contributed by atoms with Gasteiger partial charge in [0.2, 0.25) is 0 Å². The van der Waals surface area contributed by atoms with Crippen molar-refractivity contribution in [2.24, 2.45) is 0 Å². The van der Waals surface area contributed by atoms with Crippen molar-refractivity contribution in [3.63, 3.8) is 0 Å². The third-order valence-electron chi connectivity index (χ3n) is 2.60. The van der Waals surface area contributed by atoms with E-state index in [1.165, 1.54) is 9.75 Å². The zero-order chi connectivity index (χ0) is 12.1. The molecule has 0 aliphatic rings. The molecule has 2 rings (SSSR count). The second-order valence-corrected chi connectivity index (χ2v) is 5.75. The molecule has 17 heavy (non-hydrogen) atoms. The fourth-order valence-electron chi connectivity index (χ4n) is 1.69. The van der Waals surface area contributed by atoms with Crippen molar-refractivity contribution in [2.75, 3.05) is 0 Å². The number of hydrogen-bond donors (Lipinski definition) is 1. The Kier molecular flexibility index (Phi) is 4.32. The van der Waals surface area contributed by atoms with Gasteiger partial charge in [0, 0.05) is 27.7 Å². The summed E-state index contributed by atoms with van der Waals surface area (Å²) in [6, 6.07) is 8.79. The summed E-state index contributed by atoms with van der Waals surface area (Å²) in [5, 5.41) is 16.3. The first-order valence-corrected chi connectivity index (χ1v) is 7.33. The minimum absolute atomic E-state index is 0.419. The molecule has 0 saturated carbocycles. The quantitative estimate of drug-likeness (QED) is 0.886. The van der Waals surface area contributed by atoms with Crippen molar-refractivity contribution in [1.29, 1.82) is 5.26 Å². The third-order valence-corrected chi connectivity index (χ3v) is 4.52. The minimum atomic E-state index is 0.419. The molecule has 1 atom stereocenters. The number of nitrogens with zero attached hydrogens (tertiary/aromatic N) is 1. The molecule has 2 nitrogen and oxygen atoms in total. The van der Waals surface area contributed by atoms with Gasteiger partial charge in [-0.15, -0.1) is 22.7 Å². The summed E-state index contributed by atoms with van der Waals surface area (Å²) >= 11 is 3.43. The van der Waals surface area contributed by atoms with Gasteiger partial charge in [0.15, 0.2) is 0 Å². The number of hydrogen-bond acceptors (Lipinski definition) is 4. The van der Waals surface area contributed by atoms with Crippen molar-refractivity contribution >= 4 is 22.7 Å². The molecular weight excluding hydrogens is 248 g/mol. The van der Waals surface area contributed by atoms with Gasteiger partial charge in [-0.3, -0.25) is 0 Å². The van der Waals surface area contributed by atoms with Crippen molar-refractivity contribution in [3.05, 3.63) is 44.3 Å². The molecule has 0 bridgehead atoms. The maximum atomic E-state index is 8.76. The van der Waals surface area contributed by atoms with Crippen LogP contribution in [0.15, 0.2) is 29.0 Å². The Morgan fingerprint density at radius 1 is 1.47 bits per heavy atom. The predicted octanol–water partition coefficient (Wildman–Crippen LogP) is 3.92. The maximum absolute atomic E-state index is 8.76. The Balaban J connectivity index is 1.95. The third kappa shape index (κ3) is 3.16. The lowest BCUT2D eigenvalue weighted by Gasteiger charge is -2.14. The highest BCUT2D eigenvalue weighted by atomic mass is 32.1. The van der Waals surface area contributed by atoms with Crippen molar-refractivity contribution in [3.8, 4) is 6.07 Å². The summed E-state index contributed by atoms with van der Waals surface area (Å²) in [4.78, 5) is 2.60. The normalized spacial score (nSPS) is 12.2. The molecule has 88 valence electrons. The Bertz CT molecular complexity index is 494. The molecular formula is C13H14N2S2. The summed E-state index contributed by atoms with van der Waals surface area (Å²) in [6.45, 7) is 3.02. The standard InChI is InChI=1S/C13H14N2S2/c1-2-12(13-4-3-5-16-13)15-8-11-6-10(7-14)9-17-11/h3-6,9,12,15H,2,8H2,1H3. The molecule has 1 N–H and O–H groups in total. The van der Waals surface area contributed by atoms with E-state index in [-0.39, 0.29) is 0 Å². The van der Waals surface area contributed by atoms with Gasteiger partial charge in [-0.25, -0.2) is 0 Å². The highest BCUT2D eigenvalue weighted by Crippen LogP contribution is 2.23. The Hall–Kier alpha value is -1.15. The summed E-state index contributed by atoms with van der Waals surface area (Å²) < 4.78 is 0. The fourth-order valence-corrected chi connectivity index (χ4v) is 3.34. The molecule has 0 saturated heterocycles. The SMILES string of the molecule is CCC(NCc1cc(C#N)cs1)c1cccs1. The van der Waals surface area contributed by atoms with Crippen LogP contribution in [0.4, 0.5) is 0 Å². The molecule has 0 aromatic carbocycles. The van der Waals surface area contributed by atoms with Crippen LogP contribution in [-0.2, 0) is 6.54 Å². The summed E-state index contributed by atoms with van der Waals surface area (Å²) in [5.41, 5.74) is 0.760. The lowest BCUT2D eigenvalue weighted by molar-refractivity contribution is 0.529. The van der Waals surface area contributed by atoms with Gasteiger partial charge in [-0.2, -0.15) is 5.26 Å². The second-order valence-electron chi connectivity index (χ2n) is 3.77. The van der Waals surface area contributed by atoms with Gasteiger partial charge in [0.1, 0.15) is 6.07 Å². The first-order valence-electron chi connectivity index (χ1n) is 5.57. The van der Waals surface area contributed by atoms with E-state index in [0.29, 0.717) is 6.04 Å². The van der Waals surface area contributed by atoms with Crippen LogP contribution in [0.3, 0.4) is 0 Å². The maximum Gasteiger partial charge on any atom is 0.100 e. The highest BCUT2D eigenvalue weighted by Gasteiger charge is 2.09. The lowest BCUT2D eigenvalue weighted by Crippen LogP contribution is -2.18. The van der Waals surface area contributed by atoms with E-state index in [1.807, 2.05) is 11.4 Å². The average molecular weight is 262 g/mol. The van der Waals surface area contributed by atoms with Crippen LogP contribution in [0.5, 0.6) is 0 Å². The van der Waals surface area contributed by atoms with Crippen LogP contribution in [0.25, 0.3) is 0 Å². The molecule has 0 amide bonds. The molecule has 2 heterocycles. The van der Waals surface area contributed by atoms with E-state index in [4.69, 9.17) is 5.26 Å². The van der Waals surface area contributed by atoms with E-state index in [9.17, 15) is 0 Å². The molecule has 2 aromatic rings. The topological polar surface area (TPSA) is 35.8 Å². The van der Waals surface area contributed by atoms with Crippen LogP contribution in [0.1, 0.15) is 34.7 Å². The minimum Gasteiger partial charge on any atom is -0.304 e. The van der Waals surface area contributed by atoms with Crippen LogP contribution in [-0.4, -0.2) is 0 Å². The van der Waals surface area contributed by atoms with Gasteiger partial charge in [-0.1, -0.05) is 13.0 Å². The van der Waals surface area contributed by atoms with Gasteiger partial charge in [-0.05, 0) is 23.9 Å². The smallest absolute Gasteiger partial charge is 0.100 e. The summed E-state index contributed by atoms with van der Waals surface area (Å²) in [7, 11) is 0. The van der Waals surface area contributed by atoms with Crippen molar-refractivity contribution in [2.45, 2.75) is 25.9 Å². The van der Waals surface area contributed by atoms with Gasteiger partial charge in [0.25, 0.3) is 0 Å². The zero-order valence-electron chi connectivity index (χ0n) is 9.64. The Morgan fingerprint density at radius 2 is 2.35 bits per heavy atom. The van der Waals surface area contributed by atoms with Crippen molar-refractivity contribution in [1.82, 2.24) is 5.32 Å². The number of rotatable bonds is 5. The number of nitrogens with one attached hydrogen (secondary N) is 1. The van der Waals surface area contributed by atoms with E-state index in [0.717, 1.165) is 18.5 Å². The van der Waals surface area contributed by atoms with Crippen LogP contribution in [0, 0.1) is 11.3 Å². The zero-order valence-corrected chi connectivity index (χ0v) is 11.3. The van der Waals surface area contributed by atoms with E-state index in [1.54, 1.807) is 22.7 Å². The monoisotopic (exact) mass is 262 g/mol. The molecule has 1 unspecified atom stereocenters. The first-order chi connectivity index (χ1) is 8.33. The van der Waals surface area contributed by atoms with Gasteiger partial charge >= 0.3 is 0 Å². The van der Waals surface area contributed by atoms with E-state index >= 15 is 0 Å². The van der Waals surface area contributed by atoms with E-state index < -0.39 is 0 Å². The number of nitriles is 1. The van der Waals surface area contributed by atoms with E-state index in [2.05, 4.69) is 35.8 Å². The summed E-state index contributed by atoms with van der Waals surface area (Å²) in [6.07, 6.45) is 1.08. The highest BCUT2D eigenvalue weighted by molar-refractivity contribution is 7.10. The molecule has 0 aliphatic heterocycles. The largest absolute Gasteiger partial charge is 0.304 e. The first kappa shape index (κ1) is 12.3. The predicted molar refractivity (Wildman–Crippen MR) is 73.2 cm³/mol. The van der Waals surface area contributed by atoms with Crippen LogP contribution >= 0.6 is 22.7 Å². The van der Waals surface area contributed by atoms with Crippen molar-refractivity contribution < 1.29 is 0 Å². The van der Waals surface area contributed by atoms with Gasteiger partial charge < -0.3 is 5.32 Å². The Morgan fingerprint density at radius 3 is 2.94 bits per heavy atom. The molecule has 2 aromatic heterocycles. The van der Waals surface area contributed by atoms with Gasteiger partial charge in [0.05, 0.1) is 5.56 Å². The molecule has 4 heteroatoms. The Labute approximate surface area is 110 Å². The summed E-state index contributed by atoms with van der Waals surface area (Å²) in [5.74, 6) is 0. The average Bonchev–Trinajstić information content (AvgIpc) is 3.00. The molecule has 0 radical (unpaired) electrons. The van der Waals surface area contributed by atoms with Crippen LogP contribution in [0.2, 0.25) is 0 Å². The lowest BCUT2D eigenvalue weighted by atomic mass is 10.2. The molecule has 0 aliphatic carbocycles. The van der Waals surface area contributed by atoms with Crippen LogP contribution < -0.4 is 5.32 Å². The number of thiophene rings is 2.